The molecule has 4 N–H and O–H groups in total. The molecule has 1 aliphatic carbocycles. The number of fused-ring (bicyclic) bond motifs is 1. The van der Waals surface area contributed by atoms with Crippen LogP contribution in [0.3, 0.4) is 0 Å². The molecule has 6 nitrogen and oxygen atoms in total. The lowest BCUT2D eigenvalue weighted by Crippen LogP contribution is -2.20. The van der Waals surface area contributed by atoms with E-state index in [4.69, 9.17) is 15.6 Å². The zero-order valence-electron chi connectivity index (χ0n) is 16.8. The number of benzene rings is 2. The van der Waals surface area contributed by atoms with E-state index in [1.807, 2.05) is 0 Å². The quantitative estimate of drug-likeness (QED) is 0.584. The Bertz CT molecular complexity index is 1290. The number of ether oxygens (including phenoxy) is 1. The molecule has 0 unspecified atom stereocenters. The number of nitrogens with two attached hydrogens (primary N) is 2. The number of hydrogen-bond donors (Lipinski definition) is 2. The van der Waals surface area contributed by atoms with Crippen LogP contribution >= 0.6 is 0 Å². The monoisotopic (exact) mass is 445 g/mol. The third-order valence-corrected chi connectivity index (χ3v) is 6.34. The zero-order chi connectivity index (χ0) is 22.3. The van der Waals surface area contributed by atoms with Crippen LogP contribution in [0.15, 0.2) is 41.3 Å². The first kappa shape index (κ1) is 21.2. The van der Waals surface area contributed by atoms with E-state index in [2.05, 4.69) is 4.98 Å². The van der Waals surface area contributed by atoms with E-state index >= 15 is 0 Å². The van der Waals surface area contributed by atoms with Crippen molar-refractivity contribution >= 4 is 15.7 Å². The lowest BCUT2D eigenvalue weighted by atomic mass is 9.88. The molecule has 3 aromatic rings. The topological polar surface area (TPSA) is 108 Å². The highest BCUT2D eigenvalue weighted by molar-refractivity contribution is 7.89. The Morgan fingerprint density at radius 2 is 1.74 bits per heavy atom. The average molecular weight is 445 g/mol. The normalized spacial score (nSPS) is 13.7. The van der Waals surface area contributed by atoms with Gasteiger partial charge in [0.25, 0.3) is 0 Å². The van der Waals surface area contributed by atoms with Crippen molar-refractivity contribution < 1.29 is 21.9 Å². The summed E-state index contributed by atoms with van der Waals surface area (Å²) in [6.45, 7) is 1.59. The number of primary sulfonamides is 1. The third-order valence-electron chi connectivity index (χ3n) is 5.27. The minimum absolute atomic E-state index is 0.108. The highest BCUT2D eigenvalue weighted by atomic mass is 32.2. The van der Waals surface area contributed by atoms with E-state index in [1.165, 1.54) is 12.1 Å². The first-order chi connectivity index (χ1) is 14.6. The number of sulfonamides is 1. The smallest absolute Gasteiger partial charge is 0.240 e. The Balaban J connectivity index is 2.00. The molecule has 1 aromatic heterocycles. The van der Waals surface area contributed by atoms with Crippen molar-refractivity contribution in [1.29, 1.82) is 0 Å². The van der Waals surface area contributed by atoms with E-state index in [-0.39, 0.29) is 22.1 Å². The van der Waals surface area contributed by atoms with E-state index in [0.29, 0.717) is 35.7 Å². The molecule has 1 aliphatic rings. The molecular formula is C22H21F2N3O3S. The van der Waals surface area contributed by atoms with Gasteiger partial charge >= 0.3 is 0 Å². The van der Waals surface area contributed by atoms with Gasteiger partial charge in [0.15, 0.2) is 11.6 Å². The molecule has 31 heavy (non-hydrogen) atoms. The molecule has 0 spiro atoms. The summed E-state index contributed by atoms with van der Waals surface area (Å²) in [5.41, 5.74) is 8.93. The number of hydrogen-bond acceptors (Lipinski definition) is 5. The molecule has 0 atom stereocenters. The van der Waals surface area contributed by atoms with Crippen LogP contribution < -0.4 is 15.6 Å². The van der Waals surface area contributed by atoms with Gasteiger partial charge in [-0.15, -0.1) is 0 Å². The Morgan fingerprint density at radius 1 is 1.03 bits per heavy atom. The minimum atomic E-state index is -4.14. The second-order valence-corrected chi connectivity index (χ2v) is 9.01. The van der Waals surface area contributed by atoms with Gasteiger partial charge in [0.1, 0.15) is 16.5 Å². The largest absolute Gasteiger partial charge is 0.454 e. The Morgan fingerprint density at radius 3 is 2.45 bits per heavy atom. The Kier molecular flexibility index (Phi) is 5.40. The molecule has 0 aliphatic heterocycles. The maximum atomic E-state index is 14.2. The van der Waals surface area contributed by atoms with Crippen LogP contribution in [-0.2, 0) is 22.9 Å². The van der Waals surface area contributed by atoms with Gasteiger partial charge < -0.3 is 10.5 Å². The van der Waals surface area contributed by atoms with Crippen molar-refractivity contribution in [2.75, 3.05) is 5.73 Å². The van der Waals surface area contributed by atoms with Crippen molar-refractivity contribution in [2.24, 2.45) is 5.14 Å². The number of anilines is 1. The number of halogens is 2. The predicted molar refractivity (Wildman–Crippen MR) is 113 cm³/mol. The molecule has 0 fully saturated rings. The van der Waals surface area contributed by atoms with Crippen LogP contribution in [0.25, 0.3) is 11.1 Å². The summed E-state index contributed by atoms with van der Waals surface area (Å²) in [7, 11) is -4.14. The molecule has 9 heteroatoms. The first-order valence-corrected chi connectivity index (χ1v) is 11.3. The fourth-order valence-electron chi connectivity index (χ4n) is 3.99. The number of aromatic nitrogens is 1. The summed E-state index contributed by atoms with van der Waals surface area (Å²) < 4.78 is 58.4. The number of nitrogen functional groups attached to an aromatic ring is 1. The lowest BCUT2D eigenvalue weighted by molar-refractivity contribution is 0.439. The standard InChI is InChI=1S/C22H21F2N3O3S/c1-12-22(31(26,28)29)21(15-4-2-3-5-18(15)27-12)16-11-14(25)7-9-19(16)30-20-8-6-13(23)10-17(20)24/h6-11H,2-5,25H2,1H3,(H2,26,28,29). The Hall–Kier alpha value is -3.04. The van der Waals surface area contributed by atoms with Gasteiger partial charge in [0.05, 0.1) is 5.69 Å². The van der Waals surface area contributed by atoms with Gasteiger partial charge in [-0.1, -0.05) is 0 Å². The van der Waals surface area contributed by atoms with Crippen LogP contribution in [0.4, 0.5) is 14.5 Å². The van der Waals surface area contributed by atoms with Gasteiger partial charge in [0.2, 0.25) is 10.0 Å². The minimum Gasteiger partial charge on any atom is -0.454 e. The van der Waals surface area contributed by atoms with Crippen molar-refractivity contribution in [2.45, 2.75) is 37.5 Å². The maximum Gasteiger partial charge on any atom is 0.240 e. The van der Waals surface area contributed by atoms with E-state index in [0.717, 1.165) is 30.2 Å². The highest BCUT2D eigenvalue weighted by Crippen LogP contribution is 2.43. The second kappa shape index (κ2) is 7.90. The lowest BCUT2D eigenvalue weighted by Gasteiger charge is -2.24. The molecule has 1 heterocycles. The number of rotatable bonds is 4. The average Bonchev–Trinajstić information content (AvgIpc) is 2.69. The van der Waals surface area contributed by atoms with Crippen LogP contribution in [0.1, 0.15) is 29.8 Å². The molecule has 2 aromatic carbocycles. The van der Waals surface area contributed by atoms with Crippen LogP contribution in [0.2, 0.25) is 0 Å². The van der Waals surface area contributed by atoms with Crippen molar-refractivity contribution in [3.05, 3.63) is 65.0 Å². The third kappa shape index (κ3) is 4.11. The van der Waals surface area contributed by atoms with Crippen LogP contribution in [0.5, 0.6) is 11.5 Å². The maximum absolute atomic E-state index is 14.2. The van der Waals surface area contributed by atoms with Gasteiger partial charge in [-0.05, 0) is 68.5 Å². The van der Waals surface area contributed by atoms with Crippen molar-refractivity contribution in [3.8, 4) is 22.6 Å². The molecule has 0 radical (unpaired) electrons. The number of pyridine rings is 1. The molecule has 0 saturated heterocycles. The summed E-state index contributed by atoms with van der Waals surface area (Å²) in [6, 6.07) is 7.58. The summed E-state index contributed by atoms with van der Waals surface area (Å²) in [6.07, 6.45) is 3.12. The molecule has 0 saturated carbocycles. The molecule has 4 rings (SSSR count). The van der Waals surface area contributed by atoms with E-state index < -0.39 is 21.7 Å². The number of nitrogens with zero attached hydrogens (tertiary/aromatic N) is 1. The number of aryl methyl sites for hydroxylation is 2. The predicted octanol–water partition coefficient (Wildman–Crippen LogP) is 4.24. The van der Waals surface area contributed by atoms with Crippen LogP contribution in [0, 0.1) is 18.6 Å². The summed E-state index contributed by atoms with van der Waals surface area (Å²) in [4.78, 5) is 4.39. The Labute approximate surface area is 178 Å². The molecular weight excluding hydrogens is 424 g/mol. The van der Waals surface area contributed by atoms with E-state index in [9.17, 15) is 17.2 Å². The van der Waals surface area contributed by atoms with Gasteiger partial charge in [-0.3, -0.25) is 4.98 Å². The van der Waals surface area contributed by atoms with Crippen molar-refractivity contribution in [1.82, 2.24) is 4.98 Å². The van der Waals surface area contributed by atoms with Crippen LogP contribution in [-0.4, -0.2) is 13.4 Å². The highest BCUT2D eigenvalue weighted by Gasteiger charge is 2.29. The summed E-state index contributed by atoms with van der Waals surface area (Å²) >= 11 is 0. The van der Waals surface area contributed by atoms with Crippen molar-refractivity contribution in [3.63, 3.8) is 0 Å². The molecule has 162 valence electrons. The molecule has 0 amide bonds. The molecule has 0 bridgehead atoms. The van der Waals surface area contributed by atoms with Gasteiger partial charge in [-0.25, -0.2) is 22.3 Å². The summed E-state index contributed by atoms with van der Waals surface area (Å²) in [5.74, 6) is -1.66. The summed E-state index contributed by atoms with van der Waals surface area (Å²) in [5, 5.41) is 5.57. The fourth-order valence-corrected chi connectivity index (χ4v) is 4.97. The van der Waals surface area contributed by atoms with E-state index in [1.54, 1.807) is 19.1 Å². The van der Waals surface area contributed by atoms with Gasteiger partial charge in [-0.2, -0.15) is 0 Å². The first-order valence-electron chi connectivity index (χ1n) is 9.73. The second-order valence-electron chi connectivity index (χ2n) is 7.51. The van der Waals surface area contributed by atoms with Gasteiger partial charge in [0, 0.05) is 28.6 Å². The fraction of sp³-hybridized carbons (Fsp3) is 0.227. The SMILES string of the molecule is Cc1nc2c(c(-c3cc(N)ccc3Oc3ccc(F)cc3F)c1S(N)(=O)=O)CCCC2. The zero-order valence-corrected chi connectivity index (χ0v) is 17.6.